The van der Waals surface area contributed by atoms with Gasteiger partial charge in [0.2, 0.25) is 0 Å². The fraction of sp³-hybridized carbons (Fsp3) is 0.100. The van der Waals surface area contributed by atoms with Crippen LogP contribution in [0.4, 0.5) is 9.18 Å². The second-order valence-corrected chi connectivity index (χ2v) is 5.53. The molecule has 0 aliphatic carbocycles. The number of carbonyl (C=O) groups is 2. The molecule has 0 spiro atoms. The van der Waals surface area contributed by atoms with Crippen molar-refractivity contribution in [1.82, 2.24) is 10.2 Å². The van der Waals surface area contributed by atoms with Gasteiger partial charge in [0.25, 0.3) is 5.91 Å². The number of rotatable bonds is 5. The van der Waals surface area contributed by atoms with Crippen LogP contribution in [0.15, 0.2) is 54.2 Å². The molecule has 2 aromatic carbocycles. The quantitative estimate of drug-likeness (QED) is 0.512. The van der Waals surface area contributed by atoms with Gasteiger partial charge >= 0.3 is 6.03 Å². The molecule has 1 heterocycles. The van der Waals surface area contributed by atoms with Crippen LogP contribution in [0.2, 0.25) is 0 Å². The lowest BCUT2D eigenvalue weighted by molar-refractivity contribution is -0.123. The fourth-order valence-corrected chi connectivity index (χ4v) is 2.46. The topological polar surface area (TPSA) is 58.6 Å². The summed E-state index contributed by atoms with van der Waals surface area (Å²) in [5, 5.41) is 2.51. The Kier molecular flexibility index (Phi) is 4.99. The van der Waals surface area contributed by atoms with Crippen molar-refractivity contribution in [2.45, 2.75) is 6.54 Å². The monoisotopic (exact) mass is 350 g/mol. The number of hydrogen-bond acceptors (Lipinski definition) is 3. The highest BCUT2D eigenvalue weighted by molar-refractivity contribution is 6.13. The van der Waals surface area contributed by atoms with Crippen LogP contribution in [0.3, 0.4) is 0 Å². The molecule has 130 valence electrons. The van der Waals surface area contributed by atoms with Gasteiger partial charge in [0.05, 0.1) is 6.54 Å². The number of nitrogens with one attached hydrogen (secondary N) is 1. The normalized spacial score (nSPS) is 15.1. The molecule has 26 heavy (non-hydrogen) atoms. The Morgan fingerprint density at radius 1 is 1.15 bits per heavy atom. The van der Waals surface area contributed by atoms with Crippen molar-refractivity contribution in [2.75, 3.05) is 6.61 Å². The first-order chi connectivity index (χ1) is 12.6. The van der Waals surface area contributed by atoms with Gasteiger partial charge in [0, 0.05) is 5.56 Å². The number of terminal acetylenes is 1. The minimum atomic E-state index is -0.585. The maximum absolute atomic E-state index is 13.8. The molecule has 1 aliphatic heterocycles. The van der Waals surface area contributed by atoms with Crippen LogP contribution in [0.25, 0.3) is 6.08 Å². The molecular formula is C20H15FN2O3. The van der Waals surface area contributed by atoms with E-state index in [-0.39, 0.29) is 24.4 Å². The van der Waals surface area contributed by atoms with Crippen molar-refractivity contribution in [1.29, 1.82) is 0 Å². The number of imide groups is 1. The Labute approximate surface area is 150 Å². The van der Waals surface area contributed by atoms with Crippen LogP contribution < -0.4 is 10.1 Å². The minimum absolute atomic E-state index is 0.128. The lowest BCUT2D eigenvalue weighted by Crippen LogP contribution is -2.30. The minimum Gasteiger partial charge on any atom is -0.481 e. The second-order valence-electron chi connectivity index (χ2n) is 5.53. The molecule has 0 saturated carbocycles. The summed E-state index contributed by atoms with van der Waals surface area (Å²) in [4.78, 5) is 25.5. The van der Waals surface area contributed by atoms with E-state index in [1.54, 1.807) is 42.5 Å². The maximum atomic E-state index is 13.8. The van der Waals surface area contributed by atoms with E-state index >= 15 is 0 Å². The Balaban J connectivity index is 1.75. The highest BCUT2D eigenvalue weighted by Crippen LogP contribution is 2.19. The Morgan fingerprint density at radius 3 is 2.58 bits per heavy atom. The summed E-state index contributed by atoms with van der Waals surface area (Å²) >= 11 is 0. The molecular weight excluding hydrogens is 335 g/mol. The van der Waals surface area contributed by atoms with E-state index in [2.05, 4.69) is 11.2 Å². The van der Waals surface area contributed by atoms with Crippen molar-refractivity contribution < 1.29 is 18.7 Å². The molecule has 5 nitrogen and oxygen atoms in total. The summed E-state index contributed by atoms with van der Waals surface area (Å²) in [6.45, 7) is 0.0352. The number of benzene rings is 2. The standard InChI is InChI=1S/C20H15FN2O3/c1-2-11-26-16-9-7-14(8-10-16)12-18-19(24)23(20(25)22-18)13-15-5-3-4-6-17(15)21/h1,3-10,12H,11,13H2,(H,22,25)/b18-12+. The van der Waals surface area contributed by atoms with Crippen LogP contribution in [0.5, 0.6) is 5.75 Å². The maximum Gasteiger partial charge on any atom is 0.329 e. The van der Waals surface area contributed by atoms with Crippen molar-refractivity contribution in [3.8, 4) is 18.1 Å². The number of amides is 3. The Bertz CT molecular complexity index is 913. The van der Waals surface area contributed by atoms with E-state index in [1.165, 1.54) is 12.1 Å². The summed E-state index contributed by atoms with van der Waals surface area (Å²) in [6, 6.07) is 12.3. The third kappa shape index (κ3) is 3.73. The molecule has 1 saturated heterocycles. The number of ether oxygens (including phenoxy) is 1. The van der Waals surface area contributed by atoms with E-state index < -0.39 is 17.8 Å². The van der Waals surface area contributed by atoms with E-state index in [4.69, 9.17) is 11.2 Å². The number of halogens is 1. The molecule has 0 bridgehead atoms. The van der Waals surface area contributed by atoms with Gasteiger partial charge in [-0.1, -0.05) is 36.3 Å². The van der Waals surface area contributed by atoms with Gasteiger partial charge < -0.3 is 10.1 Å². The zero-order valence-corrected chi connectivity index (χ0v) is 13.7. The highest BCUT2D eigenvalue weighted by atomic mass is 19.1. The molecule has 0 unspecified atom stereocenters. The van der Waals surface area contributed by atoms with Gasteiger partial charge in [-0.25, -0.2) is 9.18 Å². The summed E-state index contributed by atoms with van der Waals surface area (Å²) in [7, 11) is 0. The van der Waals surface area contributed by atoms with E-state index in [9.17, 15) is 14.0 Å². The molecule has 1 N–H and O–H groups in total. The number of hydrogen-bond donors (Lipinski definition) is 1. The molecule has 0 atom stereocenters. The van der Waals surface area contributed by atoms with Gasteiger partial charge in [-0.05, 0) is 29.8 Å². The van der Waals surface area contributed by atoms with Gasteiger partial charge in [0.15, 0.2) is 0 Å². The van der Waals surface area contributed by atoms with Crippen molar-refractivity contribution in [3.63, 3.8) is 0 Å². The lowest BCUT2D eigenvalue weighted by atomic mass is 10.1. The van der Waals surface area contributed by atoms with Gasteiger partial charge in [-0.2, -0.15) is 0 Å². The zero-order chi connectivity index (χ0) is 18.5. The predicted octanol–water partition coefficient (Wildman–Crippen LogP) is 2.93. The van der Waals surface area contributed by atoms with Gasteiger partial charge in [-0.15, -0.1) is 6.42 Å². The van der Waals surface area contributed by atoms with Crippen LogP contribution >= 0.6 is 0 Å². The van der Waals surface area contributed by atoms with Crippen molar-refractivity contribution >= 4 is 18.0 Å². The highest BCUT2D eigenvalue weighted by Gasteiger charge is 2.33. The first kappa shape index (κ1) is 17.2. The molecule has 1 aliphatic rings. The molecule has 6 heteroatoms. The molecule has 1 fully saturated rings. The van der Waals surface area contributed by atoms with Crippen LogP contribution in [-0.2, 0) is 11.3 Å². The van der Waals surface area contributed by atoms with E-state index in [0.717, 1.165) is 4.90 Å². The van der Waals surface area contributed by atoms with Crippen LogP contribution in [0, 0.1) is 18.2 Å². The molecule has 0 radical (unpaired) electrons. The van der Waals surface area contributed by atoms with E-state index in [0.29, 0.717) is 11.3 Å². The number of carbonyl (C=O) groups excluding carboxylic acids is 2. The average Bonchev–Trinajstić information content (AvgIpc) is 2.90. The third-order valence-corrected chi connectivity index (χ3v) is 3.76. The predicted molar refractivity (Wildman–Crippen MR) is 94.2 cm³/mol. The smallest absolute Gasteiger partial charge is 0.329 e. The SMILES string of the molecule is C#CCOc1ccc(/C=C2/NC(=O)N(Cc3ccccc3F)C2=O)cc1. The molecule has 3 rings (SSSR count). The summed E-state index contributed by atoms with van der Waals surface area (Å²) in [6.07, 6.45) is 6.68. The number of urea groups is 1. The Morgan fingerprint density at radius 2 is 1.88 bits per heavy atom. The van der Waals surface area contributed by atoms with Gasteiger partial charge in [-0.3, -0.25) is 9.69 Å². The van der Waals surface area contributed by atoms with Gasteiger partial charge in [0.1, 0.15) is 23.9 Å². The molecule has 2 aromatic rings. The average molecular weight is 350 g/mol. The van der Waals surface area contributed by atoms with Crippen molar-refractivity contribution in [2.24, 2.45) is 0 Å². The Hall–Kier alpha value is -3.59. The fourth-order valence-electron chi connectivity index (χ4n) is 2.46. The van der Waals surface area contributed by atoms with E-state index in [1.807, 2.05) is 0 Å². The summed E-state index contributed by atoms with van der Waals surface area (Å²) in [5.74, 6) is 2.00. The van der Waals surface area contributed by atoms with Crippen molar-refractivity contribution in [3.05, 3.63) is 71.2 Å². The summed E-state index contributed by atoms with van der Waals surface area (Å²) < 4.78 is 19.0. The largest absolute Gasteiger partial charge is 0.481 e. The zero-order valence-electron chi connectivity index (χ0n) is 13.7. The first-order valence-electron chi connectivity index (χ1n) is 7.83. The molecule has 3 amide bonds. The second kappa shape index (κ2) is 7.53. The first-order valence-corrected chi connectivity index (χ1v) is 7.83. The lowest BCUT2D eigenvalue weighted by Gasteiger charge is -2.12. The third-order valence-electron chi connectivity index (χ3n) is 3.76. The number of nitrogens with zero attached hydrogens (tertiary/aromatic N) is 1. The van der Waals surface area contributed by atoms with Crippen LogP contribution in [0.1, 0.15) is 11.1 Å². The molecule has 0 aromatic heterocycles. The summed E-state index contributed by atoms with van der Waals surface area (Å²) in [5.41, 5.74) is 1.10. The van der Waals surface area contributed by atoms with Crippen LogP contribution in [-0.4, -0.2) is 23.4 Å².